The molecule has 1 aliphatic heterocycles. The normalized spacial score (nSPS) is 44.5. The van der Waals surface area contributed by atoms with Gasteiger partial charge in [-0.15, -0.1) is 5.10 Å². The lowest BCUT2D eigenvalue weighted by atomic mass is 9.34. The van der Waals surface area contributed by atoms with Crippen molar-refractivity contribution < 1.29 is 19.4 Å². The fourth-order valence-corrected chi connectivity index (χ4v) is 11.9. The number of nitrogen functional groups attached to an aromatic ring is 1. The van der Waals surface area contributed by atoms with E-state index < -0.39 is 11.9 Å². The van der Waals surface area contributed by atoms with Crippen molar-refractivity contribution >= 4 is 11.9 Å². The van der Waals surface area contributed by atoms with Crippen LogP contribution in [0.5, 0.6) is 0 Å². The maximum atomic E-state index is 13.4. The second-order valence-corrected chi connectivity index (χ2v) is 18.8. The Morgan fingerprint density at radius 3 is 2.43 bits per heavy atom. The van der Waals surface area contributed by atoms with E-state index in [1.807, 2.05) is 0 Å². The first-order valence-electron chi connectivity index (χ1n) is 18.2. The third-order valence-corrected chi connectivity index (χ3v) is 15.4. The van der Waals surface area contributed by atoms with Crippen LogP contribution in [0.2, 0.25) is 0 Å². The first-order valence-corrected chi connectivity index (χ1v) is 18.2. The predicted molar refractivity (Wildman–Crippen MR) is 182 cm³/mol. The second kappa shape index (κ2) is 11.2. The van der Waals surface area contributed by atoms with Gasteiger partial charge in [0.15, 0.2) is 0 Å². The van der Waals surface area contributed by atoms with Crippen molar-refractivity contribution in [3.05, 3.63) is 11.6 Å². The molecule has 4 fully saturated rings. The number of aromatic nitrogens is 4. The zero-order valence-electron chi connectivity index (χ0n) is 30.7. The number of carboxylic acids is 1. The molecule has 47 heavy (non-hydrogen) atoms. The maximum absolute atomic E-state index is 13.4. The SMILES string of the molecule is CC(C)[C@@H](C)[C@@]1(C)CC[C@]2(C)[C@H]3CC[C@@H]4[C@@]5(COC[C@]4(C)[C@@H](OC[C@H](N)C(C)(C)C)[C@H](n4nnc(N)n4)C5)C3=CC[C@@]2(C)[C@@H]1C(=O)O. The van der Waals surface area contributed by atoms with Crippen molar-refractivity contribution in [2.75, 3.05) is 25.6 Å². The standard InChI is InChI=1S/C37H62N6O4/c1-21(2)22(3)33(7)15-16-35(9)23-11-12-26-34(8)19-46-20-37(26,24(23)13-14-36(35,10)28(33)30(44)45)17-25(43-41-31(39)40-42-43)29(34)47-18-27(38)32(4,5)6/h13,21-23,25-29H,11-12,14-20,38H2,1-10H3,(H2,39,41)(H,44,45)/t22-,23+,25-,26+,27+,28-,29+,33-,34+,35-,36+,37+/m1/s1. The minimum Gasteiger partial charge on any atom is -0.481 e. The molecular weight excluding hydrogens is 592 g/mol. The number of nitrogens with two attached hydrogens (primary N) is 2. The highest BCUT2D eigenvalue weighted by atomic mass is 16.5. The van der Waals surface area contributed by atoms with Crippen LogP contribution >= 0.6 is 0 Å². The smallest absolute Gasteiger partial charge is 0.307 e. The van der Waals surface area contributed by atoms with Crippen molar-refractivity contribution in [1.29, 1.82) is 0 Å². The third kappa shape index (κ3) is 4.88. The van der Waals surface area contributed by atoms with Gasteiger partial charge >= 0.3 is 5.97 Å². The zero-order valence-corrected chi connectivity index (χ0v) is 30.7. The van der Waals surface area contributed by atoms with Gasteiger partial charge in [0, 0.05) is 16.9 Å². The maximum Gasteiger partial charge on any atom is 0.307 e. The summed E-state index contributed by atoms with van der Waals surface area (Å²) in [5, 5.41) is 24.1. The molecular formula is C37H62N6O4. The van der Waals surface area contributed by atoms with E-state index in [0.717, 1.165) is 38.5 Å². The molecule has 12 atom stereocenters. The third-order valence-electron chi connectivity index (χ3n) is 15.4. The van der Waals surface area contributed by atoms with Gasteiger partial charge in [0.1, 0.15) is 6.04 Å². The molecule has 1 aromatic heterocycles. The van der Waals surface area contributed by atoms with E-state index in [1.165, 1.54) is 5.57 Å². The lowest BCUT2D eigenvalue weighted by Gasteiger charge is -2.71. The molecule has 10 heteroatoms. The van der Waals surface area contributed by atoms with Gasteiger partial charge in [0.2, 0.25) is 0 Å². The van der Waals surface area contributed by atoms with E-state index in [4.69, 9.17) is 20.9 Å². The van der Waals surface area contributed by atoms with Crippen LogP contribution in [0, 0.1) is 62.1 Å². The largest absolute Gasteiger partial charge is 0.481 e. The Bertz CT molecular complexity index is 1410. The van der Waals surface area contributed by atoms with Gasteiger partial charge in [0.25, 0.3) is 5.95 Å². The number of nitrogens with zero attached hydrogens (tertiary/aromatic N) is 4. The molecule has 0 amide bonds. The summed E-state index contributed by atoms with van der Waals surface area (Å²) in [6, 6.07) is -0.324. The Hall–Kier alpha value is -2.04. The van der Waals surface area contributed by atoms with Gasteiger partial charge < -0.3 is 26.0 Å². The average molecular weight is 655 g/mol. The Morgan fingerprint density at radius 1 is 1.13 bits per heavy atom. The molecule has 1 saturated heterocycles. The van der Waals surface area contributed by atoms with Crippen LogP contribution in [0.15, 0.2) is 11.6 Å². The molecule has 5 aliphatic rings. The number of aliphatic carboxylic acids is 1. The lowest BCUT2D eigenvalue weighted by molar-refractivity contribution is -0.252. The molecule has 2 heterocycles. The lowest BCUT2D eigenvalue weighted by Crippen LogP contribution is -2.69. The van der Waals surface area contributed by atoms with E-state index in [1.54, 1.807) is 4.80 Å². The zero-order chi connectivity index (χ0) is 34.5. The van der Waals surface area contributed by atoms with Crippen LogP contribution in [0.4, 0.5) is 5.95 Å². The highest BCUT2D eigenvalue weighted by Gasteiger charge is 2.72. The summed E-state index contributed by atoms with van der Waals surface area (Å²) in [6.07, 6.45) is 7.84. The number of fused-ring (bicyclic) bond motifs is 3. The molecule has 3 saturated carbocycles. The van der Waals surface area contributed by atoms with Gasteiger partial charge in [-0.25, -0.2) is 0 Å². The number of hydrogen-bond donors (Lipinski definition) is 3. The van der Waals surface area contributed by atoms with Crippen LogP contribution < -0.4 is 11.5 Å². The van der Waals surface area contributed by atoms with Gasteiger partial charge in [-0.05, 0) is 89.1 Å². The summed E-state index contributed by atoms with van der Waals surface area (Å²) in [5.41, 5.74) is 12.7. The quantitative estimate of drug-likeness (QED) is 0.294. The second-order valence-electron chi connectivity index (χ2n) is 18.8. The molecule has 0 spiro atoms. The molecule has 4 aliphatic carbocycles. The van der Waals surface area contributed by atoms with Crippen LogP contribution in [0.1, 0.15) is 114 Å². The van der Waals surface area contributed by atoms with E-state index in [9.17, 15) is 9.90 Å². The molecule has 2 bridgehead atoms. The van der Waals surface area contributed by atoms with E-state index in [2.05, 4.69) is 90.7 Å². The minimum absolute atomic E-state index is 0.0995. The van der Waals surface area contributed by atoms with E-state index in [0.29, 0.717) is 37.6 Å². The highest BCUT2D eigenvalue weighted by molar-refractivity contribution is 5.73. The van der Waals surface area contributed by atoms with Crippen LogP contribution in [0.3, 0.4) is 0 Å². The molecule has 6 rings (SSSR count). The monoisotopic (exact) mass is 654 g/mol. The van der Waals surface area contributed by atoms with Crippen molar-refractivity contribution in [2.45, 2.75) is 126 Å². The summed E-state index contributed by atoms with van der Waals surface area (Å²) in [4.78, 5) is 15.1. The van der Waals surface area contributed by atoms with Gasteiger partial charge in [-0.3, -0.25) is 4.79 Å². The summed E-state index contributed by atoms with van der Waals surface area (Å²) in [7, 11) is 0. The number of carbonyl (C=O) groups is 1. The molecule has 5 N–H and O–H groups in total. The van der Waals surface area contributed by atoms with Crippen molar-refractivity contribution in [2.24, 2.45) is 67.8 Å². The molecule has 0 aromatic carbocycles. The molecule has 0 radical (unpaired) electrons. The van der Waals surface area contributed by atoms with Crippen LogP contribution in [-0.2, 0) is 14.3 Å². The fourth-order valence-electron chi connectivity index (χ4n) is 11.9. The number of hydrogen-bond acceptors (Lipinski definition) is 8. The Labute approximate surface area is 282 Å². The predicted octanol–water partition coefficient (Wildman–Crippen LogP) is 6.14. The first-order chi connectivity index (χ1) is 21.8. The summed E-state index contributed by atoms with van der Waals surface area (Å²) in [6.45, 7) is 24.2. The van der Waals surface area contributed by atoms with Gasteiger partial charge in [0.05, 0.1) is 31.8 Å². The number of allylic oxidation sites excluding steroid dienone is 1. The number of ether oxygens (including phenoxy) is 2. The Balaban J connectivity index is 1.44. The van der Waals surface area contributed by atoms with Gasteiger partial charge in [-0.1, -0.05) is 86.0 Å². The topological polar surface area (TPSA) is 151 Å². The average Bonchev–Trinajstić information content (AvgIpc) is 3.41. The Morgan fingerprint density at radius 2 is 1.83 bits per heavy atom. The first kappa shape index (κ1) is 34.8. The van der Waals surface area contributed by atoms with E-state index in [-0.39, 0.29) is 62.5 Å². The van der Waals surface area contributed by atoms with Crippen molar-refractivity contribution in [3.63, 3.8) is 0 Å². The molecule has 264 valence electrons. The number of rotatable bonds is 7. The fraction of sp³-hybridized carbons (Fsp3) is 0.892. The molecule has 1 aromatic rings. The van der Waals surface area contributed by atoms with Crippen LogP contribution in [0.25, 0.3) is 0 Å². The minimum atomic E-state index is -0.633. The molecule has 10 nitrogen and oxygen atoms in total. The summed E-state index contributed by atoms with van der Waals surface area (Å²) < 4.78 is 13.5. The van der Waals surface area contributed by atoms with Gasteiger partial charge in [-0.2, -0.15) is 4.80 Å². The highest BCUT2D eigenvalue weighted by Crippen LogP contribution is 2.75. The summed E-state index contributed by atoms with van der Waals surface area (Å²) >= 11 is 0. The van der Waals surface area contributed by atoms with Crippen LogP contribution in [-0.4, -0.2) is 63.2 Å². The van der Waals surface area contributed by atoms with E-state index >= 15 is 0 Å². The molecule has 0 unspecified atom stereocenters. The van der Waals surface area contributed by atoms with Crippen molar-refractivity contribution in [1.82, 2.24) is 20.2 Å². The number of anilines is 1. The summed E-state index contributed by atoms with van der Waals surface area (Å²) in [5.74, 6) is 0.459. The number of carboxylic acid groups (broad SMARTS) is 1. The Kier molecular flexibility index (Phi) is 8.32. The number of tetrazole rings is 1. The van der Waals surface area contributed by atoms with Crippen molar-refractivity contribution in [3.8, 4) is 0 Å².